The van der Waals surface area contributed by atoms with Crippen LogP contribution in [-0.4, -0.2) is 11.5 Å². The van der Waals surface area contributed by atoms with E-state index in [0.717, 1.165) is 28.7 Å². The van der Waals surface area contributed by atoms with Crippen LogP contribution >= 0.6 is 27.5 Å². The summed E-state index contributed by atoms with van der Waals surface area (Å²) in [6.45, 7) is 3.31. The molecule has 88 valence electrons. The highest BCUT2D eigenvalue weighted by atomic mass is 79.9. The van der Waals surface area contributed by atoms with E-state index in [1.54, 1.807) is 6.20 Å². The first-order chi connectivity index (χ1) is 7.65. The summed E-state index contributed by atoms with van der Waals surface area (Å²) in [5, 5.41) is 4.02. The topological polar surface area (TPSA) is 24.9 Å². The van der Waals surface area contributed by atoms with Crippen molar-refractivity contribution in [3.63, 3.8) is 0 Å². The molecule has 16 heavy (non-hydrogen) atoms. The predicted octanol–water partition coefficient (Wildman–Crippen LogP) is 4.35. The normalized spacial score (nSPS) is 24.7. The van der Waals surface area contributed by atoms with E-state index in [1.807, 2.05) is 6.07 Å². The summed E-state index contributed by atoms with van der Waals surface area (Å²) in [6, 6.07) is 1.87. The lowest BCUT2D eigenvalue weighted by Gasteiger charge is -2.12. The van der Waals surface area contributed by atoms with Gasteiger partial charge in [0.15, 0.2) is 0 Å². The number of pyridine rings is 1. The zero-order valence-electron chi connectivity index (χ0n) is 9.34. The molecule has 1 N–H and O–H groups in total. The molecule has 1 heterocycles. The van der Waals surface area contributed by atoms with E-state index in [9.17, 15) is 0 Å². The number of hydrogen-bond acceptors (Lipinski definition) is 2. The van der Waals surface area contributed by atoms with E-state index in [2.05, 4.69) is 33.2 Å². The number of nitrogens with zero attached hydrogens (tertiary/aromatic N) is 1. The number of hydrogen-bond donors (Lipinski definition) is 1. The van der Waals surface area contributed by atoms with E-state index < -0.39 is 0 Å². The molecule has 2 unspecified atom stereocenters. The van der Waals surface area contributed by atoms with Crippen molar-refractivity contribution in [2.75, 3.05) is 11.9 Å². The fourth-order valence-corrected chi connectivity index (χ4v) is 2.99. The maximum Gasteiger partial charge on any atom is 0.144 e. The lowest BCUT2D eigenvalue weighted by atomic mass is 10.1. The van der Waals surface area contributed by atoms with Crippen molar-refractivity contribution in [1.82, 2.24) is 4.98 Å². The van der Waals surface area contributed by atoms with Crippen molar-refractivity contribution in [3.05, 3.63) is 21.8 Å². The Labute approximate surface area is 110 Å². The van der Waals surface area contributed by atoms with Gasteiger partial charge in [0.2, 0.25) is 0 Å². The largest absolute Gasteiger partial charge is 0.369 e. The standard InChI is InChI=1S/C12H16BrClN2/c1-8-2-3-9(4-8)6-15-12-11(14)5-10(13)7-16-12/h5,7-9H,2-4,6H2,1H3,(H,15,16). The highest BCUT2D eigenvalue weighted by Gasteiger charge is 2.21. The number of nitrogens with one attached hydrogen (secondary N) is 1. The average molecular weight is 304 g/mol. The molecule has 0 bridgehead atoms. The molecule has 0 radical (unpaired) electrons. The van der Waals surface area contributed by atoms with E-state index in [1.165, 1.54) is 19.3 Å². The van der Waals surface area contributed by atoms with Crippen LogP contribution in [0.5, 0.6) is 0 Å². The molecule has 0 saturated heterocycles. The summed E-state index contributed by atoms with van der Waals surface area (Å²) < 4.78 is 0.914. The maximum atomic E-state index is 6.09. The Hall–Kier alpha value is -0.280. The lowest BCUT2D eigenvalue weighted by Crippen LogP contribution is -2.12. The first-order valence-corrected chi connectivity index (χ1v) is 6.87. The van der Waals surface area contributed by atoms with E-state index >= 15 is 0 Å². The molecule has 0 aromatic carbocycles. The van der Waals surface area contributed by atoms with Gasteiger partial charge in [0, 0.05) is 17.2 Å². The molecule has 0 spiro atoms. The Morgan fingerprint density at radius 2 is 2.38 bits per heavy atom. The minimum absolute atomic E-state index is 0.681. The first kappa shape index (κ1) is 12.2. The third-order valence-electron chi connectivity index (χ3n) is 3.17. The summed E-state index contributed by atoms with van der Waals surface area (Å²) in [6.07, 6.45) is 5.77. The zero-order chi connectivity index (χ0) is 11.5. The fraction of sp³-hybridized carbons (Fsp3) is 0.583. The van der Waals surface area contributed by atoms with Crippen LogP contribution in [0.25, 0.3) is 0 Å². The van der Waals surface area contributed by atoms with Gasteiger partial charge in [-0.25, -0.2) is 4.98 Å². The Morgan fingerprint density at radius 3 is 3.00 bits per heavy atom. The predicted molar refractivity (Wildman–Crippen MR) is 71.9 cm³/mol. The molecular weight excluding hydrogens is 288 g/mol. The average Bonchev–Trinajstić information content (AvgIpc) is 2.63. The van der Waals surface area contributed by atoms with Gasteiger partial charge >= 0.3 is 0 Å². The third-order valence-corrected chi connectivity index (χ3v) is 3.89. The van der Waals surface area contributed by atoms with Crippen LogP contribution < -0.4 is 5.32 Å². The van der Waals surface area contributed by atoms with Crippen LogP contribution in [0.4, 0.5) is 5.82 Å². The van der Waals surface area contributed by atoms with Crippen LogP contribution in [0.1, 0.15) is 26.2 Å². The molecule has 4 heteroatoms. The second-order valence-electron chi connectivity index (χ2n) is 4.65. The number of aromatic nitrogens is 1. The van der Waals surface area contributed by atoms with Gasteiger partial charge in [0.05, 0.1) is 5.02 Å². The van der Waals surface area contributed by atoms with Crippen molar-refractivity contribution in [2.24, 2.45) is 11.8 Å². The fourth-order valence-electron chi connectivity index (χ4n) is 2.30. The summed E-state index contributed by atoms with van der Waals surface area (Å²) in [7, 11) is 0. The minimum Gasteiger partial charge on any atom is -0.369 e. The molecule has 0 aliphatic heterocycles. The van der Waals surface area contributed by atoms with Gasteiger partial charge in [-0.1, -0.05) is 24.9 Å². The first-order valence-electron chi connectivity index (χ1n) is 5.70. The molecule has 1 saturated carbocycles. The quantitative estimate of drug-likeness (QED) is 0.898. The zero-order valence-corrected chi connectivity index (χ0v) is 11.7. The molecule has 1 fully saturated rings. The van der Waals surface area contributed by atoms with Gasteiger partial charge in [0.25, 0.3) is 0 Å². The highest BCUT2D eigenvalue weighted by molar-refractivity contribution is 9.10. The minimum atomic E-state index is 0.681. The van der Waals surface area contributed by atoms with Crippen molar-refractivity contribution in [2.45, 2.75) is 26.2 Å². The van der Waals surface area contributed by atoms with Crippen molar-refractivity contribution in [3.8, 4) is 0 Å². The second-order valence-corrected chi connectivity index (χ2v) is 5.97. The SMILES string of the molecule is CC1CCC(CNc2ncc(Br)cc2Cl)C1. The Kier molecular flexibility index (Phi) is 4.09. The van der Waals surface area contributed by atoms with Crippen LogP contribution in [0.3, 0.4) is 0 Å². The van der Waals surface area contributed by atoms with Gasteiger partial charge in [-0.3, -0.25) is 0 Å². The van der Waals surface area contributed by atoms with Crippen molar-refractivity contribution < 1.29 is 0 Å². The molecule has 1 aromatic rings. The molecule has 0 amide bonds. The van der Waals surface area contributed by atoms with Crippen molar-refractivity contribution in [1.29, 1.82) is 0 Å². The number of halogens is 2. The van der Waals surface area contributed by atoms with Gasteiger partial charge in [0.1, 0.15) is 5.82 Å². The van der Waals surface area contributed by atoms with Gasteiger partial charge < -0.3 is 5.32 Å². The number of rotatable bonds is 3. The van der Waals surface area contributed by atoms with Gasteiger partial charge in [-0.15, -0.1) is 0 Å². The van der Waals surface area contributed by atoms with Crippen LogP contribution in [0.2, 0.25) is 5.02 Å². The summed E-state index contributed by atoms with van der Waals surface area (Å²) in [5.41, 5.74) is 0. The molecule has 1 aromatic heterocycles. The Morgan fingerprint density at radius 1 is 1.56 bits per heavy atom. The lowest BCUT2D eigenvalue weighted by molar-refractivity contribution is 0.536. The summed E-state index contributed by atoms with van der Waals surface area (Å²) in [5.74, 6) is 2.45. The number of anilines is 1. The van der Waals surface area contributed by atoms with Crippen LogP contribution in [0.15, 0.2) is 16.7 Å². The summed E-state index contributed by atoms with van der Waals surface area (Å²) in [4.78, 5) is 4.27. The van der Waals surface area contributed by atoms with Crippen molar-refractivity contribution >= 4 is 33.3 Å². The van der Waals surface area contributed by atoms with E-state index in [4.69, 9.17) is 11.6 Å². The molecule has 1 aliphatic carbocycles. The monoisotopic (exact) mass is 302 g/mol. The molecule has 2 nitrogen and oxygen atoms in total. The van der Waals surface area contributed by atoms with Gasteiger partial charge in [-0.2, -0.15) is 0 Å². The van der Waals surface area contributed by atoms with Crippen LogP contribution in [0, 0.1) is 11.8 Å². The molecule has 2 rings (SSSR count). The molecular formula is C12H16BrClN2. The Balaban J connectivity index is 1.89. The molecule has 1 aliphatic rings. The smallest absolute Gasteiger partial charge is 0.144 e. The molecule has 2 atom stereocenters. The highest BCUT2D eigenvalue weighted by Crippen LogP contribution is 2.31. The van der Waals surface area contributed by atoms with E-state index in [-0.39, 0.29) is 0 Å². The maximum absolute atomic E-state index is 6.09. The third kappa shape index (κ3) is 3.11. The van der Waals surface area contributed by atoms with E-state index in [0.29, 0.717) is 5.02 Å². The van der Waals surface area contributed by atoms with Gasteiger partial charge in [-0.05, 0) is 46.7 Å². The summed E-state index contributed by atoms with van der Waals surface area (Å²) >= 11 is 9.44. The second kappa shape index (κ2) is 5.37. The van der Waals surface area contributed by atoms with Crippen LogP contribution in [-0.2, 0) is 0 Å². The Bertz CT molecular complexity index is 370.